The summed E-state index contributed by atoms with van der Waals surface area (Å²) in [6.45, 7) is 5.98. The summed E-state index contributed by atoms with van der Waals surface area (Å²) in [5.41, 5.74) is 7.48. The van der Waals surface area contributed by atoms with Crippen LogP contribution in [0.5, 0.6) is 0 Å². The number of nitrogens with one attached hydrogen (secondary N) is 1. The summed E-state index contributed by atoms with van der Waals surface area (Å²) in [6.07, 6.45) is 6.53. The van der Waals surface area contributed by atoms with Crippen LogP contribution >= 0.6 is 0 Å². The van der Waals surface area contributed by atoms with Gasteiger partial charge < -0.3 is 16.0 Å². The van der Waals surface area contributed by atoms with E-state index in [1.807, 2.05) is 6.92 Å². The number of nitrogens with zero attached hydrogens (tertiary/aromatic N) is 2. The van der Waals surface area contributed by atoms with Gasteiger partial charge in [0, 0.05) is 6.54 Å². The third-order valence-corrected chi connectivity index (χ3v) is 3.74. The molecule has 1 fully saturated rings. The lowest BCUT2D eigenvalue weighted by molar-refractivity contribution is 0.0950. The fraction of sp³-hybridized carbons (Fsp3) is 0.600. The van der Waals surface area contributed by atoms with Crippen molar-refractivity contribution in [2.24, 2.45) is 0 Å². The fourth-order valence-electron chi connectivity index (χ4n) is 2.56. The zero-order valence-corrected chi connectivity index (χ0v) is 12.2. The first-order valence-electron chi connectivity index (χ1n) is 7.39. The first-order chi connectivity index (χ1) is 9.66. The number of carbonyl (C=O) groups excluding carboxylic acids is 1. The normalized spacial score (nSPS) is 16.1. The molecule has 1 amide bonds. The topological polar surface area (TPSA) is 71.2 Å². The highest BCUT2D eigenvalue weighted by Gasteiger charge is 2.11. The first kappa shape index (κ1) is 14.8. The molecule has 0 spiro atoms. The van der Waals surface area contributed by atoms with Crippen LogP contribution in [0.1, 0.15) is 41.7 Å². The van der Waals surface area contributed by atoms with E-state index in [4.69, 9.17) is 5.73 Å². The van der Waals surface area contributed by atoms with Crippen molar-refractivity contribution >= 4 is 11.6 Å². The van der Waals surface area contributed by atoms with Gasteiger partial charge >= 0.3 is 0 Å². The molecule has 20 heavy (non-hydrogen) atoms. The number of amides is 1. The molecule has 2 rings (SSSR count). The van der Waals surface area contributed by atoms with Crippen LogP contribution in [0, 0.1) is 6.92 Å². The summed E-state index contributed by atoms with van der Waals surface area (Å²) in [5.74, 6) is -0.0825. The second-order valence-corrected chi connectivity index (χ2v) is 5.41. The Bertz CT molecular complexity index is 455. The van der Waals surface area contributed by atoms with Gasteiger partial charge in [-0.15, -0.1) is 0 Å². The molecule has 0 radical (unpaired) electrons. The van der Waals surface area contributed by atoms with E-state index in [-0.39, 0.29) is 5.91 Å². The summed E-state index contributed by atoms with van der Waals surface area (Å²) >= 11 is 0. The van der Waals surface area contributed by atoms with Crippen LogP contribution < -0.4 is 11.1 Å². The zero-order valence-electron chi connectivity index (χ0n) is 12.2. The second kappa shape index (κ2) is 7.24. The molecule has 110 valence electrons. The van der Waals surface area contributed by atoms with E-state index in [1.165, 1.54) is 32.4 Å². The maximum absolute atomic E-state index is 12.0. The Morgan fingerprint density at radius 2 is 2.15 bits per heavy atom. The van der Waals surface area contributed by atoms with Crippen molar-refractivity contribution in [3.05, 3.63) is 23.5 Å². The average molecular weight is 276 g/mol. The molecule has 0 atom stereocenters. The molecule has 5 nitrogen and oxygen atoms in total. The molecule has 1 aliphatic heterocycles. The van der Waals surface area contributed by atoms with Crippen molar-refractivity contribution in [3.63, 3.8) is 0 Å². The van der Waals surface area contributed by atoms with E-state index >= 15 is 0 Å². The number of rotatable bonds is 5. The molecule has 2 heterocycles. The number of hydrogen-bond acceptors (Lipinski definition) is 4. The number of aryl methyl sites for hydroxylation is 1. The highest BCUT2D eigenvalue weighted by Crippen LogP contribution is 2.10. The standard InChI is InChI=1S/C15H24N4O/c1-12-14(10-13(16)11-18-12)15(20)17-6-5-9-19-7-3-2-4-8-19/h10-11H,2-9,16H2,1H3,(H,17,20). The van der Waals surface area contributed by atoms with Crippen molar-refractivity contribution in [2.75, 3.05) is 31.9 Å². The molecular weight excluding hydrogens is 252 g/mol. The lowest BCUT2D eigenvalue weighted by atomic mass is 10.1. The van der Waals surface area contributed by atoms with E-state index in [2.05, 4.69) is 15.2 Å². The highest BCUT2D eigenvalue weighted by molar-refractivity contribution is 5.95. The smallest absolute Gasteiger partial charge is 0.253 e. The van der Waals surface area contributed by atoms with Gasteiger partial charge in [-0.25, -0.2) is 0 Å². The lowest BCUT2D eigenvalue weighted by Gasteiger charge is -2.26. The first-order valence-corrected chi connectivity index (χ1v) is 7.39. The monoisotopic (exact) mass is 276 g/mol. The molecule has 1 aromatic rings. The van der Waals surface area contributed by atoms with Crippen LogP contribution in [-0.4, -0.2) is 42.0 Å². The minimum Gasteiger partial charge on any atom is -0.397 e. The summed E-state index contributed by atoms with van der Waals surface area (Å²) in [5, 5.41) is 2.95. The number of aromatic nitrogens is 1. The van der Waals surface area contributed by atoms with Gasteiger partial charge in [0.25, 0.3) is 5.91 Å². The van der Waals surface area contributed by atoms with Crippen LogP contribution in [0.15, 0.2) is 12.3 Å². The van der Waals surface area contributed by atoms with Gasteiger partial charge in [0.15, 0.2) is 0 Å². The van der Waals surface area contributed by atoms with Crippen molar-refractivity contribution < 1.29 is 4.79 Å². The van der Waals surface area contributed by atoms with Gasteiger partial charge in [-0.2, -0.15) is 0 Å². The SMILES string of the molecule is Cc1ncc(N)cc1C(=O)NCCCN1CCCCC1. The fourth-order valence-corrected chi connectivity index (χ4v) is 2.56. The van der Waals surface area contributed by atoms with Crippen LogP contribution in [0.3, 0.4) is 0 Å². The number of pyridine rings is 1. The molecule has 0 unspecified atom stereocenters. The Morgan fingerprint density at radius 3 is 2.90 bits per heavy atom. The predicted molar refractivity (Wildman–Crippen MR) is 80.6 cm³/mol. The largest absolute Gasteiger partial charge is 0.397 e. The van der Waals surface area contributed by atoms with Crippen LogP contribution in [0.4, 0.5) is 5.69 Å². The summed E-state index contributed by atoms with van der Waals surface area (Å²) in [4.78, 5) is 18.6. The van der Waals surface area contributed by atoms with Crippen molar-refractivity contribution in [2.45, 2.75) is 32.6 Å². The third kappa shape index (κ3) is 4.20. The van der Waals surface area contributed by atoms with Gasteiger partial charge in [-0.1, -0.05) is 6.42 Å². The highest BCUT2D eigenvalue weighted by atomic mass is 16.1. The maximum Gasteiger partial charge on any atom is 0.253 e. The van der Waals surface area contributed by atoms with E-state index < -0.39 is 0 Å². The van der Waals surface area contributed by atoms with Gasteiger partial charge in [0.05, 0.1) is 23.1 Å². The number of anilines is 1. The minimum atomic E-state index is -0.0825. The summed E-state index contributed by atoms with van der Waals surface area (Å²) in [6, 6.07) is 1.68. The van der Waals surface area contributed by atoms with E-state index in [0.29, 0.717) is 23.5 Å². The van der Waals surface area contributed by atoms with Gasteiger partial charge in [-0.05, 0) is 51.9 Å². The third-order valence-electron chi connectivity index (χ3n) is 3.74. The quantitative estimate of drug-likeness (QED) is 0.801. The van der Waals surface area contributed by atoms with Crippen LogP contribution in [0.25, 0.3) is 0 Å². The number of carbonyl (C=O) groups is 1. The van der Waals surface area contributed by atoms with Crippen molar-refractivity contribution in [1.82, 2.24) is 15.2 Å². The molecule has 0 aliphatic carbocycles. The van der Waals surface area contributed by atoms with Gasteiger partial charge in [0.2, 0.25) is 0 Å². The molecule has 0 saturated carbocycles. The summed E-state index contributed by atoms with van der Waals surface area (Å²) in [7, 11) is 0. The Morgan fingerprint density at radius 1 is 1.40 bits per heavy atom. The van der Waals surface area contributed by atoms with Crippen LogP contribution in [0.2, 0.25) is 0 Å². The number of nitrogen functional groups attached to an aromatic ring is 1. The van der Waals surface area contributed by atoms with E-state index in [1.54, 1.807) is 12.3 Å². The summed E-state index contributed by atoms with van der Waals surface area (Å²) < 4.78 is 0. The number of nitrogens with two attached hydrogens (primary N) is 1. The number of likely N-dealkylation sites (tertiary alicyclic amines) is 1. The number of piperidine rings is 1. The molecule has 1 aromatic heterocycles. The molecule has 0 bridgehead atoms. The molecule has 3 N–H and O–H groups in total. The van der Waals surface area contributed by atoms with Crippen LogP contribution in [-0.2, 0) is 0 Å². The molecule has 0 aromatic carbocycles. The van der Waals surface area contributed by atoms with Crippen molar-refractivity contribution in [3.8, 4) is 0 Å². The zero-order chi connectivity index (χ0) is 14.4. The lowest BCUT2D eigenvalue weighted by Crippen LogP contribution is -2.33. The Kier molecular flexibility index (Phi) is 5.35. The predicted octanol–water partition coefficient (Wildman–Crippen LogP) is 1.58. The Hall–Kier alpha value is -1.62. The minimum absolute atomic E-state index is 0.0825. The second-order valence-electron chi connectivity index (χ2n) is 5.41. The van der Waals surface area contributed by atoms with E-state index in [0.717, 1.165) is 13.0 Å². The van der Waals surface area contributed by atoms with Gasteiger partial charge in [-0.3, -0.25) is 9.78 Å². The Balaban J connectivity index is 1.73. The Labute approximate surface area is 120 Å². The van der Waals surface area contributed by atoms with E-state index in [9.17, 15) is 4.79 Å². The van der Waals surface area contributed by atoms with Gasteiger partial charge in [0.1, 0.15) is 0 Å². The number of hydrogen-bond donors (Lipinski definition) is 2. The maximum atomic E-state index is 12.0. The molecule has 1 saturated heterocycles. The van der Waals surface area contributed by atoms with Crippen molar-refractivity contribution in [1.29, 1.82) is 0 Å². The molecule has 5 heteroatoms. The average Bonchev–Trinajstić information content (AvgIpc) is 2.47. The molecule has 1 aliphatic rings. The molecular formula is C15H24N4O.